The van der Waals surface area contributed by atoms with E-state index in [2.05, 4.69) is 0 Å². The number of benzene rings is 2. The molecule has 0 saturated carbocycles. The number of nitrogens with two attached hydrogens (primary N) is 1. The van der Waals surface area contributed by atoms with Gasteiger partial charge < -0.3 is 10.6 Å². The van der Waals surface area contributed by atoms with E-state index in [1.54, 1.807) is 4.90 Å². The number of amides is 1. The second kappa shape index (κ2) is 6.19. The quantitative estimate of drug-likeness (QED) is 0.946. The van der Waals surface area contributed by atoms with E-state index in [-0.39, 0.29) is 11.7 Å². The highest BCUT2D eigenvalue weighted by atomic mass is 19.1. The van der Waals surface area contributed by atoms with Crippen LogP contribution < -0.4 is 5.73 Å². The van der Waals surface area contributed by atoms with Gasteiger partial charge in [-0.2, -0.15) is 5.26 Å². The van der Waals surface area contributed by atoms with Gasteiger partial charge in [0, 0.05) is 25.1 Å². The van der Waals surface area contributed by atoms with Gasteiger partial charge in [0.2, 0.25) is 0 Å². The Labute approximate surface area is 133 Å². The molecule has 116 valence electrons. The smallest absolute Gasteiger partial charge is 0.254 e. The van der Waals surface area contributed by atoms with Crippen LogP contribution in [0.25, 0.3) is 0 Å². The van der Waals surface area contributed by atoms with E-state index in [9.17, 15) is 9.18 Å². The predicted octanol–water partition coefficient (Wildman–Crippen LogP) is 2.38. The predicted molar refractivity (Wildman–Crippen MR) is 83.7 cm³/mol. The van der Waals surface area contributed by atoms with Gasteiger partial charge in [-0.25, -0.2) is 4.39 Å². The fourth-order valence-corrected chi connectivity index (χ4v) is 2.79. The van der Waals surface area contributed by atoms with Crippen LogP contribution in [0, 0.1) is 17.1 Å². The van der Waals surface area contributed by atoms with E-state index in [0.29, 0.717) is 25.1 Å². The standard InChI is InChI=1S/C18H16FN3O/c19-16-5-3-13(4-6-16)18(23)22-10-14-2-1-12(7-15(14)11-22)8-17(21)9-20/h1-7,17H,8,10-11,21H2/t17-/m0/s1. The fraction of sp³-hybridized carbons (Fsp3) is 0.222. The van der Waals surface area contributed by atoms with Crippen LogP contribution in [0.15, 0.2) is 42.5 Å². The molecule has 0 saturated heterocycles. The van der Waals surface area contributed by atoms with E-state index >= 15 is 0 Å². The second-order valence-electron chi connectivity index (χ2n) is 5.71. The van der Waals surface area contributed by atoms with Gasteiger partial charge in [-0.3, -0.25) is 4.79 Å². The summed E-state index contributed by atoms with van der Waals surface area (Å²) in [6, 6.07) is 13.0. The summed E-state index contributed by atoms with van der Waals surface area (Å²) in [5, 5.41) is 8.80. The highest BCUT2D eigenvalue weighted by Gasteiger charge is 2.24. The minimum absolute atomic E-state index is 0.114. The first-order chi connectivity index (χ1) is 11.1. The van der Waals surface area contributed by atoms with Gasteiger partial charge in [0.05, 0.1) is 12.1 Å². The summed E-state index contributed by atoms with van der Waals surface area (Å²) >= 11 is 0. The van der Waals surface area contributed by atoms with E-state index in [1.807, 2.05) is 24.3 Å². The van der Waals surface area contributed by atoms with Crippen molar-refractivity contribution < 1.29 is 9.18 Å². The lowest BCUT2D eigenvalue weighted by Crippen LogP contribution is -2.25. The van der Waals surface area contributed by atoms with E-state index < -0.39 is 6.04 Å². The Balaban J connectivity index is 1.75. The molecule has 0 aromatic heterocycles. The van der Waals surface area contributed by atoms with Gasteiger partial charge in [0.25, 0.3) is 5.91 Å². The van der Waals surface area contributed by atoms with E-state index in [1.165, 1.54) is 24.3 Å². The highest BCUT2D eigenvalue weighted by Crippen LogP contribution is 2.25. The average Bonchev–Trinajstić information content (AvgIpc) is 2.98. The number of rotatable bonds is 3. The third kappa shape index (κ3) is 3.22. The number of halogens is 1. The van der Waals surface area contributed by atoms with Crippen molar-refractivity contribution in [2.24, 2.45) is 5.73 Å². The van der Waals surface area contributed by atoms with Crippen molar-refractivity contribution in [3.8, 4) is 6.07 Å². The maximum absolute atomic E-state index is 13.0. The van der Waals surface area contributed by atoms with Crippen LogP contribution in [-0.4, -0.2) is 16.8 Å². The number of carbonyl (C=O) groups excluding carboxylic acids is 1. The van der Waals surface area contributed by atoms with E-state index in [0.717, 1.165) is 16.7 Å². The molecule has 1 aliphatic rings. The Morgan fingerprint density at radius 2 is 1.91 bits per heavy atom. The van der Waals surface area contributed by atoms with Gasteiger partial charge in [0.1, 0.15) is 5.82 Å². The van der Waals surface area contributed by atoms with Crippen molar-refractivity contribution in [3.63, 3.8) is 0 Å². The summed E-state index contributed by atoms with van der Waals surface area (Å²) in [5.41, 5.74) is 9.29. The Hall–Kier alpha value is -2.71. The number of hydrogen-bond acceptors (Lipinski definition) is 3. The van der Waals surface area contributed by atoms with Crippen molar-refractivity contribution in [1.82, 2.24) is 4.90 Å². The zero-order valence-corrected chi connectivity index (χ0v) is 12.5. The first-order valence-electron chi connectivity index (χ1n) is 7.37. The molecule has 3 rings (SSSR count). The summed E-state index contributed by atoms with van der Waals surface area (Å²) in [7, 11) is 0. The summed E-state index contributed by atoms with van der Waals surface area (Å²) in [6.07, 6.45) is 0.496. The van der Waals surface area contributed by atoms with Crippen LogP contribution >= 0.6 is 0 Å². The van der Waals surface area contributed by atoms with Crippen LogP contribution in [0.5, 0.6) is 0 Å². The molecule has 1 aliphatic heterocycles. The Kier molecular flexibility index (Phi) is 4.09. The van der Waals surface area contributed by atoms with Crippen LogP contribution in [0.1, 0.15) is 27.0 Å². The molecule has 4 nitrogen and oxygen atoms in total. The van der Waals surface area contributed by atoms with Crippen molar-refractivity contribution in [1.29, 1.82) is 5.26 Å². The second-order valence-corrected chi connectivity index (χ2v) is 5.71. The van der Waals surface area contributed by atoms with Crippen molar-refractivity contribution in [2.75, 3.05) is 0 Å². The molecule has 2 aromatic rings. The highest BCUT2D eigenvalue weighted by molar-refractivity contribution is 5.94. The molecular formula is C18H16FN3O. The number of nitriles is 1. The van der Waals surface area contributed by atoms with E-state index in [4.69, 9.17) is 11.0 Å². The fourth-order valence-electron chi connectivity index (χ4n) is 2.79. The molecule has 0 fully saturated rings. The minimum atomic E-state index is -0.522. The SMILES string of the molecule is N#C[C@@H](N)Cc1ccc2c(c1)CN(C(=O)c1ccc(F)cc1)C2. The van der Waals surface area contributed by atoms with Crippen LogP contribution in [0.2, 0.25) is 0 Å². The summed E-state index contributed by atoms with van der Waals surface area (Å²) in [4.78, 5) is 14.2. The van der Waals surface area contributed by atoms with Crippen LogP contribution in [-0.2, 0) is 19.5 Å². The van der Waals surface area contributed by atoms with Gasteiger partial charge in [0.15, 0.2) is 0 Å². The number of hydrogen-bond donors (Lipinski definition) is 1. The van der Waals surface area contributed by atoms with Crippen LogP contribution in [0.4, 0.5) is 4.39 Å². The number of fused-ring (bicyclic) bond motifs is 1. The molecule has 23 heavy (non-hydrogen) atoms. The van der Waals surface area contributed by atoms with Crippen molar-refractivity contribution in [2.45, 2.75) is 25.6 Å². The number of nitrogens with zero attached hydrogens (tertiary/aromatic N) is 2. The topological polar surface area (TPSA) is 70.1 Å². The Bertz CT molecular complexity index is 780. The largest absolute Gasteiger partial charge is 0.330 e. The molecule has 2 N–H and O–H groups in total. The first-order valence-corrected chi connectivity index (χ1v) is 7.37. The molecule has 1 atom stereocenters. The van der Waals surface area contributed by atoms with Crippen molar-refractivity contribution in [3.05, 3.63) is 70.5 Å². The zero-order valence-electron chi connectivity index (χ0n) is 12.5. The zero-order chi connectivity index (χ0) is 16.4. The Morgan fingerprint density at radius 3 is 2.61 bits per heavy atom. The summed E-state index contributed by atoms with van der Waals surface area (Å²) < 4.78 is 13.0. The molecule has 0 aliphatic carbocycles. The molecule has 5 heteroatoms. The van der Waals surface area contributed by atoms with Crippen LogP contribution in [0.3, 0.4) is 0 Å². The molecular weight excluding hydrogens is 293 g/mol. The molecule has 2 aromatic carbocycles. The summed E-state index contributed by atoms with van der Waals surface area (Å²) in [6.45, 7) is 1.05. The molecule has 0 radical (unpaired) electrons. The van der Waals surface area contributed by atoms with Gasteiger partial charge in [-0.1, -0.05) is 18.2 Å². The molecule has 0 bridgehead atoms. The average molecular weight is 309 g/mol. The maximum atomic E-state index is 13.0. The molecule has 1 heterocycles. The maximum Gasteiger partial charge on any atom is 0.254 e. The van der Waals surface area contributed by atoms with Gasteiger partial charge in [-0.15, -0.1) is 0 Å². The third-order valence-corrected chi connectivity index (χ3v) is 3.99. The molecule has 1 amide bonds. The lowest BCUT2D eigenvalue weighted by atomic mass is 10.0. The molecule has 0 unspecified atom stereocenters. The minimum Gasteiger partial charge on any atom is -0.330 e. The monoisotopic (exact) mass is 309 g/mol. The first kappa shape index (κ1) is 15.2. The van der Waals surface area contributed by atoms with Gasteiger partial charge in [-0.05, 0) is 41.0 Å². The van der Waals surface area contributed by atoms with Gasteiger partial charge >= 0.3 is 0 Å². The lowest BCUT2D eigenvalue weighted by Gasteiger charge is -2.15. The lowest BCUT2D eigenvalue weighted by molar-refractivity contribution is 0.0751. The van der Waals surface area contributed by atoms with Crippen molar-refractivity contribution >= 4 is 5.91 Å². The summed E-state index contributed by atoms with van der Waals surface area (Å²) in [5.74, 6) is -0.471. The Morgan fingerprint density at radius 1 is 1.22 bits per heavy atom. The number of carbonyl (C=O) groups is 1. The molecule has 0 spiro atoms. The third-order valence-electron chi connectivity index (χ3n) is 3.99. The normalized spacial score (nSPS) is 14.2.